The van der Waals surface area contributed by atoms with Gasteiger partial charge in [0.05, 0.1) is 24.0 Å². The van der Waals surface area contributed by atoms with Crippen molar-refractivity contribution in [2.24, 2.45) is 0 Å². The summed E-state index contributed by atoms with van der Waals surface area (Å²) in [6, 6.07) is 12.9. The van der Waals surface area contributed by atoms with Crippen molar-refractivity contribution in [1.29, 1.82) is 0 Å². The van der Waals surface area contributed by atoms with Crippen LogP contribution < -0.4 is 5.32 Å². The lowest BCUT2D eigenvalue weighted by Crippen LogP contribution is -2.24. The molecule has 0 aliphatic carbocycles. The van der Waals surface area contributed by atoms with Gasteiger partial charge in [0.15, 0.2) is 0 Å². The molecule has 0 amide bonds. The van der Waals surface area contributed by atoms with Gasteiger partial charge < -0.3 is 15.2 Å². The molecule has 1 saturated heterocycles. The SMILES string of the molecule is CNC1CCOC1.O=Cc1cccc(-n2ncc3cc(O)ccc32)c1. The summed E-state index contributed by atoms with van der Waals surface area (Å²) in [6.45, 7) is 1.84. The third-order valence-corrected chi connectivity index (χ3v) is 4.14. The van der Waals surface area contributed by atoms with Crippen molar-refractivity contribution in [3.63, 3.8) is 0 Å². The van der Waals surface area contributed by atoms with Crippen molar-refractivity contribution in [1.82, 2.24) is 15.1 Å². The number of aromatic hydroxyl groups is 1. The summed E-state index contributed by atoms with van der Waals surface area (Å²) in [5, 5.41) is 17.7. The largest absolute Gasteiger partial charge is 0.508 e. The number of aromatic nitrogens is 2. The lowest BCUT2D eigenvalue weighted by molar-refractivity contribution is 0.112. The molecule has 1 unspecified atom stereocenters. The molecule has 6 nitrogen and oxygen atoms in total. The number of hydrogen-bond acceptors (Lipinski definition) is 5. The van der Waals surface area contributed by atoms with E-state index in [2.05, 4.69) is 10.4 Å². The molecule has 25 heavy (non-hydrogen) atoms. The van der Waals surface area contributed by atoms with Crippen LogP contribution in [0.1, 0.15) is 16.8 Å². The van der Waals surface area contributed by atoms with E-state index in [1.165, 1.54) is 6.42 Å². The first-order valence-electron chi connectivity index (χ1n) is 8.18. The highest BCUT2D eigenvalue weighted by atomic mass is 16.5. The van der Waals surface area contributed by atoms with Crippen molar-refractivity contribution in [2.75, 3.05) is 20.3 Å². The van der Waals surface area contributed by atoms with Gasteiger partial charge >= 0.3 is 0 Å². The second kappa shape index (κ2) is 7.92. The zero-order valence-corrected chi connectivity index (χ0v) is 14.1. The van der Waals surface area contributed by atoms with Gasteiger partial charge in [-0.1, -0.05) is 12.1 Å². The van der Waals surface area contributed by atoms with Gasteiger partial charge in [0.2, 0.25) is 0 Å². The Morgan fingerprint density at radius 3 is 2.88 bits per heavy atom. The third-order valence-electron chi connectivity index (χ3n) is 4.14. The van der Waals surface area contributed by atoms with Crippen molar-refractivity contribution < 1.29 is 14.6 Å². The number of carbonyl (C=O) groups excluding carboxylic acids is 1. The third kappa shape index (κ3) is 4.04. The summed E-state index contributed by atoms with van der Waals surface area (Å²) in [5.41, 5.74) is 2.31. The highest BCUT2D eigenvalue weighted by molar-refractivity contribution is 5.82. The van der Waals surface area contributed by atoms with Crippen LogP contribution in [-0.4, -0.2) is 47.5 Å². The van der Waals surface area contributed by atoms with Crippen LogP contribution >= 0.6 is 0 Å². The Kier molecular flexibility index (Phi) is 5.42. The Morgan fingerprint density at radius 2 is 2.20 bits per heavy atom. The normalized spacial score (nSPS) is 16.4. The minimum absolute atomic E-state index is 0.212. The fourth-order valence-electron chi connectivity index (χ4n) is 2.72. The second-order valence-electron chi connectivity index (χ2n) is 5.86. The molecule has 4 rings (SSSR count). The van der Waals surface area contributed by atoms with Crippen molar-refractivity contribution in [3.8, 4) is 11.4 Å². The first-order valence-corrected chi connectivity index (χ1v) is 8.18. The summed E-state index contributed by atoms with van der Waals surface area (Å²) in [7, 11) is 1.97. The molecule has 1 aromatic heterocycles. The number of phenols is 1. The Balaban J connectivity index is 0.000000219. The van der Waals surface area contributed by atoms with Crippen LogP contribution in [0.15, 0.2) is 48.7 Å². The summed E-state index contributed by atoms with van der Waals surface area (Å²) < 4.78 is 6.82. The van der Waals surface area contributed by atoms with E-state index in [4.69, 9.17) is 4.74 Å². The van der Waals surface area contributed by atoms with Crippen LogP contribution in [0.5, 0.6) is 5.75 Å². The van der Waals surface area contributed by atoms with E-state index >= 15 is 0 Å². The Labute approximate surface area is 146 Å². The standard InChI is InChI=1S/C14H10N2O2.C5H11NO/c17-9-10-2-1-3-12(6-10)16-14-5-4-13(18)7-11(14)8-15-16;1-6-5-2-3-7-4-5/h1-9,18H;5-6H,2-4H2,1H3. The summed E-state index contributed by atoms with van der Waals surface area (Å²) >= 11 is 0. The quantitative estimate of drug-likeness (QED) is 0.717. The molecular formula is C19H21N3O3. The predicted molar refractivity (Wildman–Crippen MR) is 96.4 cm³/mol. The van der Waals surface area contributed by atoms with Gasteiger partial charge in [0.25, 0.3) is 0 Å². The van der Waals surface area contributed by atoms with Crippen molar-refractivity contribution in [3.05, 3.63) is 54.2 Å². The molecule has 2 N–H and O–H groups in total. The number of ether oxygens (including phenoxy) is 1. The number of rotatable bonds is 3. The number of nitrogens with zero attached hydrogens (tertiary/aromatic N) is 2. The second-order valence-corrected chi connectivity index (χ2v) is 5.86. The molecule has 0 spiro atoms. The average Bonchev–Trinajstić information content (AvgIpc) is 3.31. The van der Waals surface area contributed by atoms with Crippen LogP contribution in [0.25, 0.3) is 16.6 Å². The zero-order chi connectivity index (χ0) is 17.6. The van der Waals surface area contributed by atoms with Crippen molar-refractivity contribution >= 4 is 17.2 Å². The number of aldehydes is 1. The molecule has 2 heterocycles. The maximum absolute atomic E-state index is 10.8. The molecule has 1 fully saturated rings. The fourth-order valence-corrected chi connectivity index (χ4v) is 2.72. The zero-order valence-electron chi connectivity index (χ0n) is 14.1. The van der Waals surface area contributed by atoms with Gasteiger partial charge in [-0.2, -0.15) is 5.10 Å². The van der Waals surface area contributed by atoms with E-state index in [0.29, 0.717) is 11.6 Å². The maximum Gasteiger partial charge on any atom is 0.150 e. The van der Waals surface area contributed by atoms with Crippen LogP contribution in [-0.2, 0) is 4.74 Å². The number of likely N-dealkylation sites (N-methyl/N-ethyl adjacent to an activating group) is 1. The smallest absolute Gasteiger partial charge is 0.150 e. The fraction of sp³-hybridized carbons (Fsp3) is 0.263. The number of carbonyl (C=O) groups is 1. The summed E-state index contributed by atoms with van der Waals surface area (Å²) in [5.74, 6) is 0.212. The van der Waals surface area contributed by atoms with E-state index in [0.717, 1.165) is 36.1 Å². The molecule has 1 atom stereocenters. The lowest BCUT2D eigenvalue weighted by Gasteiger charge is -2.04. The predicted octanol–water partition coefficient (Wildman–Crippen LogP) is 2.54. The van der Waals surface area contributed by atoms with Gasteiger partial charge in [-0.25, -0.2) is 4.68 Å². The van der Waals surface area contributed by atoms with E-state index in [9.17, 15) is 9.90 Å². The van der Waals surface area contributed by atoms with Crippen molar-refractivity contribution in [2.45, 2.75) is 12.5 Å². The lowest BCUT2D eigenvalue weighted by atomic mass is 10.2. The molecular weight excluding hydrogens is 318 g/mol. The van der Waals surface area contributed by atoms with E-state index < -0.39 is 0 Å². The summed E-state index contributed by atoms with van der Waals surface area (Å²) in [6.07, 6.45) is 3.67. The minimum Gasteiger partial charge on any atom is -0.508 e. The first-order chi connectivity index (χ1) is 12.2. The van der Waals surface area contributed by atoms with Gasteiger partial charge in [0.1, 0.15) is 12.0 Å². The molecule has 0 radical (unpaired) electrons. The molecule has 1 aliphatic rings. The Hall–Kier alpha value is -2.70. The topological polar surface area (TPSA) is 76.4 Å². The molecule has 0 saturated carbocycles. The number of hydrogen-bond donors (Lipinski definition) is 2. The Bertz CT molecular complexity index is 854. The van der Waals surface area contributed by atoms with Crippen LogP contribution in [0.4, 0.5) is 0 Å². The molecule has 3 aromatic rings. The number of phenolic OH excluding ortho intramolecular Hbond substituents is 1. The van der Waals surface area contributed by atoms with Crippen LogP contribution in [0.2, 0.25) is 0 Å². The number of fused-ring (bicyclic) bond motifs is 1. The monoisotopic (exact) mass is 339 g/mol. The Morgan fingerprint density at radius 1 is 1.32 bits per heavy atom. The first kappa shape index (κ1) is 17.1. The van der Waals surface area contributed by atoms with Gasteiger partial charge in [-0.05, 0) is 43.8 Å². The molecule has 1 aliphatic heterocycles. The maximum atomic E-state index is 10.8. The minimum atomic E-state index is 0.212. The number of nitrogens with one attached hydrogen (secondary N) is 1. The molecule has 2 aromatic carbocycles. The van der Waals surface area contributed by atoms with Crippen LogP contribution in [0, 0.1) is 0 Å². The average molecular weight is 339 g/mol. The number of benzene rings is 2. The van der Waals surface area contributed by atoms with E-state index in [1.54, 1.807) is 41.2 Å². The van der Waals surface area contributed by atoms with Gasteiger partial charge in [-0.15, -0.1) is 0 Å². The summed E-state index contributed by atoms with van der Waals surface area (Å²) in [4.78, 5) is 10.8. The van der Waals surface area contributed by atoms with E-state index in [-0.39, 0.29) is 5.75 Å². The molecule has 0 bridgehead atoms. The van der Waals surface area contributed by atoms with E-state index in [1.807, 2.05) is 19.2 Å². The van der Waals surface area contributed by atoms with Crippen LogP contribution in [0.3, 0.4) is 0 Å². The molecule has 6 heteroatoms. The molecule has 130 valence electrons. The van der Waals surface area contributed by atoms with Gasteiger partial charge in [-0.3, -0.25) is 4.79 Å². The highest BCUT2D eigenvalue weighted by Gasteiger charge is 2.11. The van der Waals surface area contributed by atoms with Gasteiger partial charge in [0, 0.05) is 23.6 Å². The highest BCUT2D eigenvalue weighted by Crippen LogP contribution is 2.22.